The van der Waals surface area contributed by atoms with Crippen LogP contribution in [0.25, 0.3) is 0 Å². The largest absolute Gasteiger partial charge is 0.478 e. The summed E-state index contributed by atoms with van der Waals surface area (Å²) < 4.78 is 0. The van der Waals surface area contributed by atoms with Gasteiger partial charge in [-0.15, -0.1) is 12.3 Å². The SMILES string of the molecule is C#CCC(O)CNc1cc(C(=O)O)ccn1. The van der Waals surface area contributed by atoms with Gasteiger partial charge in [-0.2, -0.15) is 0 Å². The molecule has 1 aromatic heterocycles. The lowest BCUT2D eigenvalue weighted by molar-refractivity contribution is 0.0697. The Balaban J connectivity index is 2.58. The number of carbonyl (C=O) groups is 1. The number of pyridine rings is 1. The maximum Gasteiger partial charge on any atom is 0.335 e. The number of nitrogens with one attached hydrogen (secondary N) is 1. The van der Waals surface area contributed by atoms with Crippen molar-refractivity contribution in [3.05, 3.63) is 23.9 Å². The van der Waals surface area contributed by atoms with E-state index in [4.69, 9.17) is 11.5 Å². The number of terminal acetylenes is 1. The Labute approximate surface area is 93.1 Å². The molecule has 0 bridgehead atoms. The standard InChI is InChI=1S/C11H12N2O3/c1-2-3-9(14)7-13-10-6-8(11(15)16)4-5-12-10/h1,4-6,9,14H,3,7H2,(H,12,13)(H,15,16). The average molecular weight is 220 g/mol. The predicted molar refractivity (Wildman–Crippen MR) is 59.1 cm³/mol. The number of aliphatic hydroxyl groups excluding tert-OH is 1. The third kappa shape index (κ3) is 3.59. The fourth-order valence-electron chi connectivity index (χ4n) is 1.09. The predicted octanol–water partition coefficient (Wildman–Crippen LogP) is 0.576. The summed E-state index contributed by atoms with van der Waals surface area (Å²) in [6.07, 6.45) is 5.99. The minimum absolute atomic E-state index is 0.143. The number of hydrogen-bond donors (Lipinski definition) is 3. The van der Waals surface area contributed by atoms with E-state index in [-0.39, 0.29) is 18.5 Å². The average Bonchev–Trinajstić information content (AvgIpc) is 2.27. The Morgan fingerprint density at radius 2 is 2.44 bits per heavy atom. The van der Waals surface area contributed by atoms with Gasteiger partial charge in [0.2, 0.25) is 0 Å². The van der Waals surface area contributed by atoms with Crippen molar-refractivity contribution >= 4 is 11.8 Å². The van der Waals surface area contributed by atoms with E-state index in [0.717, 1.165) is 0 Å². The first-order valence-corrected chi connectivity index (χ1v) is 4.68. The molecular formula is C11H12N2O3. The van der Waals surface area contributed by atoms with Crippen LogP contribution in [-0.4, -0.2) is 33.8 Å². The first-order valence-electron chi connectivity index (χ1n) is 4.68. The van der Waals surface area contributed by atoms with E-state index >= 15 is 0 Å². The van der Waals surface area contributed by atoms with E-state index < -0.39 is 12.1 Å². The highest BCUT2D eigenvalue weighted by Gasteiger charge is 2.05. The van der Waals surface area contributed by atoms with Crippen LogP contribution in [0.5, 0.6) is 0 Å². The van der Waals surface area contributed by atoms with Gasteiger partial charge in [0.15, 0.2) is 0 Å². The molecule has 0 aliphatic heterocycles. The summed E-state index contributed by atoms with van der Waals surface area (Å²) in [6.45, 7) is 0.236. The van der Waals surface area contributed by atoms with Gasteiger partial charge in [0.25, 0.3) is 0 Å². The highest BCUT2D eigenvalue weighted by Crippen LogP contribution is 2.06. The summed E-state index contributed by atoms with van der Waals surface area (Å²) in [6, 6.07) is 2.79. The van der Waals surface area contributed by atoms with Crippen LogP contribution in [0.4, 0.5) is 5.82 Å². The Kier molecular flexibility index (Phi) is 4.30. The molecule has 0 saturated carbocycles. The van der Waals surface area contributed by atoms with Gasteiger partial charge in [0, 0.05) is 19.2 Å². The lowest BCUT2D eigenvalue weighted by atomic mass is 10.2. The molecule has 0 aliphatic carbocycles. The van der Waals surface area contributed by atoms with Gasteiger partial charge in [-0.05, 0) is 12.1 Å². The Morgan fingerprint density at radius 3 is 3.06 bits per heavy atom. The molecule has 3 N–H and O–H groups in total. The van der Waals surface area contributed by atoms with Gasteiger partial charge in [-0.25, -0.2) is 9.78 Å². The van der Waals surface area contributed by atoms with Gasteiger partial charge in [0.1, 0.15) is 5.82 Å². The van der Waals surface area contributed by atoms with Crippen molar-refractivity contribution in [1.82, 2.24) is 4.98 Å². The van der Waals surface area contributed by atoms with Gasteiger partial charge >= 0.3 is 5.97 Å². The summed E-state index contributed by atoms with van der Waals surface area (Å²) in [7, 11) is 0. The maximum absolute atomic E-state index is 10.7. The summed E-state index contributed by atoms with van der Waals surface area (Å²) >= 11 is 0. The molecule has 16 heavy (non-hydrogen) atoms. The van der Waals surface area contributed by atoms with Crippen LogP contribution in [0.15, 0.2) is 18.3 Å². The highest BCUT2D eigenvalue weighted by atomic mass is 16.4. The van der Waals surface area contributed by atoms with Crippen LogP contribution < -0.4 is 5.32 Å². The smallest absolute Gasteiger partial charge is 0.335 e. The first-order chi connectivity index (χ1) is 7.63. The quantitative estimate of drug-likeness (QED) is 0.632. The van der Waals surface area contributed by atoms with Crippen LogP contribution in [-0.2, 0) is 0 Å². The van der Waals surface area contributed by atoms with Crippen molar-refractivity contribution < 1.29 is 15.0 Å². The number of rotatable bonds is 5. The molecule has 5 heteroatoms. The molecule has 0 spiro atoms. The monoisotopic (exact) mass is 220 g/mol. The number of carboxylic acid groups (broad SMARTS) is 1. The fourth-order valence-corrected chi connectivity index (χ4v) is 1.09. The molecule has 0 amide bonds. The van der Waals surface area contributed by atoms with Gasteiger partial charge < -0.3 is 15.5 Å². The summed E-state index contributed by atoms with van der Waals surface area (Å²) in [5.74, 6) is 1.71. The number of nitrogens with zero attached hydrogens (tertiary/aromatic N) is 1. The minimum Gasteiger partial charge on any atom is -0.478 e. The highest BCUT2D eigenvalue weighted by molar-refractivity contribution is 5.88. The maximum atomic E-state index is 10.7. The minimum atomic E-state index is -1.02. The molecule has 0 saturated heterocycles. The molecule has 0 aromatic carbocycles. The van der Waals surface area contributed by atoms with Crippen molar-refractivity contribution in [1.29, 1.82) is 0 Å². The van der Waals surface area contributed by atoms with E-state index in [1.54, 1.807) is 0 Å². The number of anilines is 1. The fraction of sp³-hybridized carbons (Fsp3) is 0.273. The van der Waals surface area contributed by atoms with E-state index in [1.807, 2.05) is 0 Å². The van der Waals surface area contributed by atoms with Crippen LogP contribution in [0, 0.1) is 12.3 Å². The second kappa shape index (κ2) is 5.73. The van der Waals surface area contributed by atoms with Crippen LogP contribution in [0.3, 0.4) is 0 Å². The van der Waals surface area contributed by atoms with E-state index in [2.05, 4.69) is 16.2 Å². The van der Waals surface area contributed by atoms with Gasteiger partial charge in [-0.3, -0.25) is 0 Å². The Bertz CT molecular complexity index is 412. The zero-order chi connectivity index (χ0) is 12.0. The second-order valence-electron chi connectivity index (χ2n) is 3.18. The normalized spacial score (nSPS) is 11.5. The molecule has 84 valence electrons. The van der Waals surface area contributed by atoms with Crippen molar-refractivity contribution in [3.8, 4) is 12.3 Å². The molecule has 1 atom stereocenters. The second-order valence-corrected chi connectivity index (χ2v) is 3.18. The van der Waals surface area contributed by atoms with E-state index in [1.165, 1.54) is 18.3 Å². The number of aromatic carboxylic acids is 1. The van der Waals surface area contributed by atoms with Crippen molar-refractivity contribution in [2.75, 3.05) is 11.9 Å². The van der Waals surface area contributed by atoms with E-state index in [0.29, 0.717) is 5.82 Å². The Morgan fingerprint density at radius 1 is 1.69 bits per heavy atom. The molecule has 0 radical (unpaired) electrons. The molecule has 0 fully saturated rings. The number of aliphatic hydroxyl groups is 1. The molecular weight excluding hydrogens is 208 g/mol. The summed E-state index contributed by atoms with van der Waals surface area (Å²) in [4.78, 5) is 14.6. The summed E-state index contributed by atoms with van der Waals surface area (Å²) in [5, 5.41) is 20.9. The zero-order valence-corrected chi connectivity index (χ0v) is 8.55. The number of carboxylic acids is 1. The molecule has 0 aliphatic rings. The van der Waals surface area contributed by atoms with Crippen LogP contribution >= 0.6 is 0 Å². The molecule has 1 rings (SSSR count). The van der Waals surface area contributed by atoms with Crippen molar-refractivity contribution in [2.45, 2.75) is 12.5 Å². The van der Waals surface area contributed by atoms with Gasteiger partial charge in [-0.1, -0.05) is 0 Å². The molecule has 5 nitrogen and oxygen atoms in total. The van der Waals surface area contributed by atoms with Crippen molar-refractivity contribution in [2.24, 2.45) is 0 Å². The summed E-state index contributed by atoms with van der Waals surface area (Å²) in [5.41, 5.74) is 0.143. The topological polar surface area (TPSA) is 82.5 Å². The third-order valence-electron chi connectivity index (χ3n) is 1.88. The first kappa shape index (κ1) is 12.0. The molecule has 1 aromatic rings. The number of aromatic nitrogens is 1. The Hall–Kier alpha value is -2.06. The number of hydrogen-bond acceptors (Lipinski definition) is 4. The lowest BCUT2D eigenvalue weighted by Crippen LogP contribution is -2.19. The third-order valence-corrected chi connectivity index (χ3v) is 1.88. The van der Waals surface area contributed by atoms with Crippen LogP contribution in [0.2, 0.25) is 0 Å². The lowest BCUT2D eigenvalue weighted by Gasteiger charge is -2.09. The van der Waals surface area contributed by atoms with Crippen molar-refractivity contribution in [3.63, 3.8) is 0 Å². The van der Waals surface area contributed by atoms with Crippen LogP contribution in [0.1, 0.15) is 16.8 Å². The molecule has 1 heterocycles. The van der Waals surface area contributed by atoms with E-state index in [9.17, 15) is 9.90 Å². The molecule has 1 unspecified atom stereocenters. The van der Waals surface area contributed by atoms with Gasteiger partial charge in [0.05, 0.1) is 11.7 Å². The zero-order valence-electron chi connectivity index (χ0n) is 8.55.